The van der Waals surface area contributed by atoms with Gasteiger partial charge in [-0.25, -0.2) is 0 Å². The van der Waals surface area contributed by atoms with Crippen LogP contribution in [0.1, 0.15) is 19.4 Å². The van der Waals surface area contributed by atoms with Crippen molar-refractivity contribution in [3.8, 4) is 0 Å². The number of hydrogen-bond donors (Lipinski definition) is 0. The predicted octanol–water partition coefficient (Wildman–Crippen LogP) is 3.76. The van der Waals surface area contributed by atoms with Gasteiger partial charge in [-0.15, -0.1) is 0 Å². The van der Waals surface area contributed by atoms with Gasteiger partial charge in [0.2, 0.25) is 0 Å². The smallest absolute Gasteiger partial charge is 0.139 e. The summed E-state index contributed by atoms with van der Waals surface area (Å²) >= 11 is 11.8. The quantitative estimate of drug-likeness (QED) is 0.773. The van der Waals surface area contributed by atoms with Gasteiger partial charge < -0.3 is 0 Å². The van der Waals surface area contributed by atoms with E-state index < -0.39 is 0 Å². The lowest BCUT2D eigenvalue weighted by Crippen LogP contribution is -2.10. The van der Waals surface area contributed by atoms with Gasteiger partial charge in [0.25, 0.3) is 0 Å². The van der Waals surface area contributed by atoms with Crippen LogP contribution in [0.25, 0.3) is 0 Å². The zero-order valence-corrected chi connectivity index (χ0v) is 9.69. The van der Waals surface area contributed by atoms with Gasteiger partial charge in [0.1, 0.15) is 5.78 Å². The number of halogens is 2. The zero-order chi connectivity index (χ0) is 10.7. The van der Waals surface area contributed by atoms with Gasteiger partial charge >= 0.3 is 0 Å². The third-order valence-corrected chi connectivity index (χ3v) is 2.90. The Kier molecular flexibility index (Phi) is 3.97. The summed E-state index contributed by atoms with van der Waals surface area (Å²) < 4.78 is 0. The minimum absolute atomic E-state index is 0.0325. The molecule has 1 nitrogen and oxygen atoms in total. The summed E-state index contributed by atoms with van der Waals surface area (Å²) in [5.41, 5.74) is 0.804. The Morgan fingerprint density at radius 3 is 2.57 bits per heavy atom. The fourth-order valence-electron chi connectivity index (χ4n) is 1.08. The van der Waals surface area contributed by atoms with E-state index in [2.05, 4.69) is 0 Å². The maximum absolute atomic E-state index is 11.5. The highest BCUT2D eigenvalue weighted by Gasteiger charge is 2.11. The number of carbonyl (C=O) groups excluding carboxylic acids is 1. The van der Waals surface area contributed by atoms with Crippen molar-refractivity contribution >= 4 is 29.0 Å². The Bertz CT molecular complexity index is 345. The zero-order valence-electron chi connectivity index (χ0n) is 8.18. The second-order valence-corrected chi connectivity index (χ2v) is 4.30. The Morgan fingerprint density at radius 2 is 2.00 bits per heavy atom. The average Bonchev–Trinajstić information content (AvgIpc) is 2.12. The van der Waals surface area contributed by atoms with Crippen LogP contribution in [0.15, 0.2) is 18.2 Å². The molecule has 0 spiro atoms. The third-order valence-electron chi connectivity index (χ3n) is 2.04. The molecule has 76 valence electrons. The molecule has 0 unspecified atom stereocenters. The number of ketones is 1. The van der Waals surface area contributed by atoms with Crippen LogP contribution in [-0.2, 0) is 11.2 Å². The van der Waals surface area contributed by atoms with Gasteiger partial charge in [-0.05, 0) is 11.6 Å². The highest BCUT2D eigenvalue weighted by atomic mass is 35.5. The lowest BCUT2D eigenvalue weighted by atomic mass is 10.0. The summed E-state index contributed by atoms with van der Waals surface area (Å²) in [6.07, 6.45) is 0.358. The fraction of sp³-hybridized carbons (Fsp3) is 0.364. The molecule has 0 fully saturated rings. The van der Waals surface area contributed by atoms with Gasteiger partial charge in [-0.1, -0.05) is 49.2 Å². The maximum atomic E-state index is 11.5. The number of hydrogen-bond acceptors (Lipinski definition) is 1. The first-order valence-corrected chi connectivity index (χ1v) is 5.23. The van der Waals surface area contributed by atoms with Gasteiger partial charge in [-0.3, -0.25) is 4.79 Å². The van der Waals surface area contributed by atoms with Crippen molar-refractivity contribution in [3.05, 3.63) is 33.8 Å². The van der Waals surface area contributed by atoms with Crippen LogP contribution in [0.2, 0.25) is 10.0 Å². The summed E-state index contributed by atoms with van der Waals surface area (Å²) in [4.78, 5) is 11.5. The van der Waals surface area contributed by atoms with Crippen molar-refractivity contribution < 1.29 is 4.79 Å². The van der Waals surface area contributed by atoms with Crippen LogP contribution in [0, 0.1) is 5.92 Å². The van der Waals surface area contributed by atoms with Crippen molar-refractivity contribution in [1.29, 1.82) is 0 Å². The van der Waals surface area contributed by atoms with E-state index in [9.17, 15) is 4.79 Å². The molecule has 0 heterocycles. The van der Waals surface area contributed by atoms with Gasteiger partial charge in [0.15, 0.2) is 0 Å². The number of carbonyl (C=O) groups is 1. The topological polar surface area (TPSA) is 17.1 Å². The van der Waals surface area contributed by atoms with Crippen LogP contribution in [0.3, 0.4) is 0 Å². The van der Waals surface area contributed by atoms with Crippen molar-refractivity contribution in [2.24, 2.45) is 5.92 Å². The standard InChI is InChI=1S/C11H12Cl2O/c1-7(2)10(14)6-8-4-3-5-9(12)11(8)13/h3-5,7H,6H2,1-2H3. The van der Waals surface area contributed by atoms with Gasteiger partial charge in [0, 0.05) is 12.3 Å². The molecule has 1 aromatic carbocycles. The number of benzene rings is 1. The van der Waals surface area contributed by atoms with Crippen molar-refractivity contribution in [1.82, 2.24) is 0 Å². The molecule has 0 aromatic heterocycles. The Labute approximate surface area is 94.0 Å². The molecule has 1 rings (SSSR count). The molecule has 0 saturated carbocycles. The van der Waals surface area contributed by atoms with Gasteiger partial charge in [-0.2, -0.15) is 0 Å². The summed E-state index contributed by atoms with van der Waals surface area (Å²) in [5.74, 6) is 0.208. The number of Topliss-reactive ketones (excluding diaryl/α,β-unsaturated/α-hetero) is 1. The van der Waals surface area contributed by atoms with E-state index in [1.165, 1.54) is 0 Å². The van der Waals surface area contributed by atoms with Crippen LogP contribution in [0.5, 0.6) is 0 Å². The fourth-order valence-corrected chi connectivity index (χ4v) is 1.46. The highest BCUT2D eigenvalue weighted by Crippen LogP contribution is 2.26. The molecule has 3 heteroatoms. The normalized spacial score (nSPS) is 10.6. The first-order chi connectivity index (χ1) is 6.52. The van der Waals surface area contributed by atoms with E-state index in [-0.39, 0.29) is 11.7 Å². The average molecular weight is 231 g/mol. The van der Waals surface area contributed by atoms with Crippen molar-refractivity contribution in [2.75, 3.05) is 0 Å². The molecule has 0 amide bonds. The third kappa shape index (κ3) is 2.73. The molecule has 0 aliphatic heterocycles. The molecule has 1 aromatic rings. The Morgan fingerprint density at radius 1 is 1.36 bits per heavy atom. The molecule has 0 saturated heterocycles. The lowest BCUT2D eigenvalue weighted by molar-refractivity contribution is -0.121. The van der Waals surface area contributed by atoms with Crippen molar-refractivity contribution in [3.63, 3.8) is 0 Å². The molecular weight excluding hydrogens is 219 g/mol. The summed E-state index contributed by atoms with van der Waals surface area (Å²) in [7, 11) is 0. The second-order valence-electron chi connectivity index (χ2n) is 3.51. The molecule has 0 radical (unpaired) electrons. The van der Waals surface area contributed by atoms with E-state index in [4.69, 9.17) is 23.2 Å². The molecular formula is C11H12Cl2O. The van der Waals surface area contributed by atoms with Crippen LogP contribution >= 0.6 is 23.2 Å². The van der Waals surface area contributed by atoms with Crippen LogP contribution < -0.4 is 0 Å². The van der Waals surface area contributed by atoms with Crippen molar-refractivity contribution in [2.45, 2.75) is 20.3 Å². The maximum Gasteiger partial charge on any atom is 0.139 e. The first kappa shape index (κ1) is 11.5. The molecule has 0 aliphatic rings. The largest absolute Gasteiger partial charge is 0.299 e. The molecule has 0 aliphatic carbocycles. The molecule has 14 heavy (non-hydrogen) atoms. The second kappa shape index (κ2) is 4.81. The first-order valence-electron chi connectivity index (χ1n) is 4.48. The minimum Gasteiger partial charge on any atom is -0.299 e. The number of rotatable bonds is 3. The summed E-state index contributed by atoms with van der Waals surface area (Å²) in [5, 5.41) is 0.990. The lowest BCUT2D eigenvalue weighted by Gasteiger charge is -2.06. The van der Waals surface area contributed by atoms with E-state index in [0.29, 0.717) is 16.5 Å². The van der Waals surface area contributed by atoms with E-state index >= 15 is 0 Å². The summed E-state index contributed by atoms with van der Waals surface area (Å²) in [6, 6.07) is 5.35. The van der Waals surface area contributed by atoms with Gasteiger partial charge in [0.05, 0.1) is 10.0 Å². The SMILES string of the molecule is CC(C)C(=O)Cc1cccc(Cl)c1Cl. The molecule has 0 atom stereocenters. The highest BCUT2D eigenvalue weighted by molar-refractivity contribution is 6.42. The van der Waals surface area contributed by atoms with E-state index in [0.717, 1.165) is 5.56 Å². The predicted molar refractivity (Wildman–Crippen MR) is 60.0 cm³/mol. The van der Waals surface area contributed by atoms with Crippen LogP contribution in [0.4, 0.5) is 0 Å². The summed E-state index contributed by atoms with van der Waals surface area (Å²) in [6.45, 7) is 3.75. The molecule has 0 N–H and O–H groups in total. The van der Waals surface area contributed by atoms with Crippen LogP contribution in [-0.4, -0.2) is 5.78 Å². The Hall–Kier alpha value is -0.530. The minimum atomic E-state index is 0.0325. The Balaban J connectivity index is 2.87. The monoisotopic (exact) mass is 230 g/mol. The molecule has 0 bridgehead atoms. The van der Waals surface area contributed by atoms with E-state index in [1.807, 2.05) is 19.9 Å². The van der Waals surface area contributed by atoms with E-state index in [1.54, 1.807) is 12.1 Å².